The van der Waals surface area contributed by atoms with E-state index in [0.717, 1.165) is 67.5 Å². The summed E-state index contributed by atoms with van der Waals surface area (Å²) in [6.45, 7) is 5.20. The third-order valence-electron chi connectivity index (χ3n) is 5.12. The molecule has 0 spiro atoms. The first-order valence-electron chi connectivity index (χ1n) is 10.0. The molecule has 3 heterocycles. The molecule has 0 N–H and O–H groups in total. The van der Waals surface area contributed by atoms with Crippen molar-refractivity contribution >= 4 is 0 Å². The maximum atomic E-state index is 5.85. The number of nitrogens with zero attached hydrogens (tertiary/aromatic N) is 3. The lowest BCUT2D eigenvalue weighted by Gasteiger charge is -2.24. The van der Waals surface area contributed by atoms with E-state index in [1.807, 2.05) is 55.7 Å². The van der Waals surface area contributed by atoms with Crippen molar-refractivity contribution in [2.45, 2.75) is 39.0 Å². The van der Waals surface area contributed by atoms with Gasteiger partial charge in [-0.25, -0.2) is 9.97 Å². The molecule has 1 aliphatic heterocycles. The first-order valence-corrected chi connectivity index (χ1v) is 10.0. The van der Waals surface area contributed by atoms with Crippen LogP contribution in [-0.2, 0) is 17.8 Å². The van der Waals surface area contributed by atoms with Crippen LogP contribution >= 0.6 is 0 Å². The molecule has 2 aromatic heterocycles. The molecule has 6 heteroatoms. The molecule has 6 nitrogen and oxygen atoms in total. The summed E-state index contributed by atoms with van der Waals surface area (Å²) in [4.78, 5) is 11.5. The molecule has 4 rings (SSSR count). The molecule has 1 unspecified atom stereocenters. The molecule has 0 bridgehead atoms. The van der Waals surface area contributed by atoms with Crippen LogP contribution in [0.1, 0.15) is 29.9 Å². The average Bonchev–Trinajstić information content (AvgIpc) is 3.40. The van der Waals surface area contributed by atoms with Gasteiger partial charge in [0.25, 0.3) is 0 Å². The van der Waals surface area contributed by atoms with Crippen molar-refractivity contribution < 1.29 is 13.9 Å². The fraction of sp³-hybridized carbons (Fsp3) is 0.391. The Bertz CT molecular complexity index is 900. The maximum Gasteiger partial charge on any atom is 0.159 e. The largest absolute Gasteiger partial charge is 0.497 e. The molecule has 1 fully saturated rings. The number of methoxy groups -OCH3 is 1. The first kappa shape index (κ1) is 19.6. The van der Waals surface area contributed by atoms with E-state index in [0.29, 0.717) is 5.82 Å². The van der Waals surface area contributed by atoms with Crippen molar-refractivity contribution in [3.63, 3.8) is 0 Å². The first-order chi connectivity index (χ1) is 14.2. The number of aromatic nitrogens is 2. The molecule has 1 saturated heterocycles. The second-order valence-corrected chi connectivity index (χ2v) is 7.46. The van der Waals surface area contributed by atoms with Crippen molar-refractivity contribution in [2.75, 3.05) is 20.3 Å². The van der Waals surface area contributed by atoms with Crippen LogP contribution < -0.4 is 4.74 Å². The Morgan fingerprint density at radius 2 is 1.86 bits per heavy atom. The van der Waals surface area contributed by atoms with Crippen LogP contribution in [0.5, 0.6) is 5.75 Å². The zero-order valence-electron chi connectivity index (χ0n) is 17.0. The predicted octanol–water partition coefficient (Wildman–Crippen LogP) is 4.23. The van der Waals surface area contributed by atoms with Gasteiger partial charge in [-0.05, 0) is 56.2 Å². The Morgan fingerprint density at radius 1 is 1.07 bits per heavy atom. The van der Waals surface area contributed by atoms with E-state index in [-0.39, 0.29) is 6.10 Å². The normalized spacial score (nSPS) is 16.4. The van der Waals surface area contributed by atoms with Crippen LogP contribution in [0.3, 0.4) is 0 Å². The Morgan fingerprint density at radius 3 is 2.48 bits per heavy atom. The van der Waals surface area contributed by atoms with E-state index in [1.54, 1.807) is 7.11 Å². The van der Waals surface area contributed by atoms with Gasteiger partial charge in [0.2, 0.25) is 0 Å². The molecule has 1 atom stereocenters. The molecule has 0 saturated carbocycles. The molecule has 0 radical (unpaired) electrons. The Labute approximate surface area is 171 Å². The van der Waals surface area contributed by atoms with Gasteiger partial charge >= 0.3 is 0 Å². The van der Waals surface area contributed by atoms with Gasteiger partial charge in [0.1, 0.15) is 17.3 Å². The number of rotatable bonds is 8. The maximum absolute atomic E-state index is 5.85. The SMILES string of the molecule is COc1ccc(-c2ncc(CN(Cc3ccc(C)o3)CC3CCCO3)cn2)cc1. The molecular formula is C23H27N3O3. The Hall–Kier alpha value is -2.70. The van der Waals surface area contributed by atoms with Gasteiger partial charge in [-0.1, -0.05) is 0 Å². The highest BCUT2D eigenvalue weighted by molar-refractivity contribution is 5.55. The number of hydrogen-bond acceptors (Lipinski definition) is 6. The van der Waals surface area contributed by atoms with Crippen molar-refractivity contribution in [3.8, 4) is 17.1 Å². The summed E-state index contributed by atoms with van der Waals surface area (Å²) >= 11 is 0. The second-order valence-electron chi connectivity index (χ2n) is 7.46. The lowest BCUT2D eigenvalue weighted by molar-refractivity contribution is 0.0653. The summed E-state index contributed by atoms with van der Waals surface area (Å²) < 4.78 is 16.8. The number of hydrogen-bond donors (Lipinski definition) is 0. The second kappa shape index (κ2) is 9.20. The van der Waals surface area contributed by atoms with Gasteiger partial charge in [0.05, 0.1) is 19.8 Å². The molecular weight excluding hydrogens is 366 g/mol. The molecule has 1 aromatic carbocycles. The van der Waals surface area contributed by atoms with Crippen LogP contribution in [0.2, 0.25) is 0 Å². The fourth-order valence-corrected chi connectivity index (χ4v) is 3.64. The summed E-state index contributed by atoms with van der Waals surface area (Å²) in [6, 6.07) is 11.8. The van der Waals surface area contributed by atoms with Crippen LogP contribution in [-0.4, -0.2) is 41.2 Å². The minimum absolute atomic E-state index is 0.283. The van der Waals surface area contributed by atoms with Crippen molar-refractivity contribution in [3.05, 3.63) is 65.9 Å². The number of furan rings is 1. The molecule has 0 amide bonds. The molecule has 1 aliphatic rings. The molecule has 29 heavy (non-hydrogen) atoms. The van der Waals surface area contributed by atoms with E-state index >= 15 is 0 Å². The van der Waals surface area contributed by atoms with Crippen LogP contribution in [0.25, 0.3) is 11.4 Å². The summed E-state index contributed by atoms with van der Waals surface area (Å²) in [5.41, 5.74) is 2.04. The number of ether oxygens (including phenoxy) is 2. The van der Waals surface area contributed by atoms with Gasteiger partial charge < -0.3 is 13.9 Å². The smallest absolute Gasteiger partial charge is 0.159 e. The fourth-order valence-electron chi connectivity index (χ4n) is 3.64. The minimum atomic E-state index is 0.283. The summed E-state index contributed by atoms with van der Waals surface area (Å²) in [5, 5.41) is 0. The van der Waals surface area contributed by atoms with Gasteiger partial charge in [-0.2, -0.15) is 0 Å². The highest BCUT2D eigenvalue weighted by Crippen LogP contribution is 2.21. The van der Waals surface area contributed by atoms with Gasteiger partial charge in [-0.3, -0.25) is 4.90 Å². The van der Waals surface area contributed by atoms with Crippen LogP contribution in [0.4, 0.5) is 0 Å². The van der Waals surface area contributed by atoms with E-state index in [2.05, 4.69) is 14.9 Å². The quantitative estimate of drug-likeness (QED) is 0.571. The van der Waals surface area contributed by atoms with Gasteiger partial charge in [-0.15, -0.1) is 0 Å². The molecule has 152 valence electrons. The van der Waals surface area contributed by atoms with Crippen molar-refractivity contribution in [1.29, 1.82) is 0 Å². The highest BCUT2D eigenvalue weighted by Gasteiger charge is 2.20. The standard InChI is InChI=1S/C23H27N3O3/c1-17-5-8-22(29-17)16-26(15-21-4-3-11-28-21)14-18-12-24-23(25-13-18)19-6-9-20(27-2)10-7-19/h5-10,12-13,21H,3-4,11,14-16H2,1-2H3. The predicted molar refractivity (Wildman–Crippen MR) is 111 cm³/mol. The van der Waals surface area contributed by atoms with Gasteiger partial charge in [0, 0.05) is 43.2 Å². The lowest BCUT2D eigenvalue weighted by atomic mass is 10.2. The molecule has 3 aromatic rings. The minimum Gasteiger partial charge on any atom is -0.497 e. The van der Waals surface area contributed by atoms with Crippen LogP contribution in [0, 0.1) is 6.92 Å². The van der Waals surface area contributed by atoms with Crippen molar-refractivity contribution in [2.24, 2.45) is 0 Å². The lowest BCUT2D eigenvalue weighted by Crippen LogP contribution is -2.31. The summed E-state index contributed by atoms with van der Waals surface area (Å²) in [7, 11) is 1.66. The van der Waals surface area contributed by atoms with E-state index in [4.69, 9.17) is 13.9 Å². The number of benzene rings is 1. The van der Waals surface area contributed by atoms with Crippen molar-refractivity contribution in [1.82, 2.24) is 14.9 Å². The number of aryl methyl sites for hydroxylation is 1. The topological polar surface area (TPSA) is 60.6 Å². The third-order valence-corrected chi connectivity index (χ3v) is 5.12. The average molecular weight is 393 g/mol. The van der Waals surface area contributed by atoms with E-state index < -0.39 is 0 Å². The monoisotopic (exact) mass is 393 g/mol. The highest BCUT2D eigenvalue weighted by atomic mass is 16.5. The van der Waals surface area contributed by atoms with E-state index in [9.17, 15) is 0 Å². The molecule has 0 aliphatic carbocycles. The van der Waals surface area contributed by atoms with Crippen LogP contribution in [0.15, 0.2) is 53.2 Å². The zero-order valence-corrected chi connectivity index (χ0v) is 17.0. The third kappa shape index (κ3) is 5.22. The Balaban J connectivity index is 1.45. The Kier molecular flexibility index (Phi) is 6.22. The van der Waals surface area contributed by atoms with Gasteiger partial charge in [0.15, 0.2) is 5.82 Å². The summed E-state index contributed by atoms with van der Waals surface area (Å²) in [6.07, 6.45) is 6.34. The zero-order chi connectivity index (χ0) is 20.1. The summed E-state index contributed by atoms with van der Waals surface area (Å²) in [5.74, 6) is 3.44. The van der Waals surface area contributed by atoms with E-state index in [1.165, 1.54) is 0 Å².